The Morgan fingerprint density at radius 1 is 1.04 bits per heavy atom. The van der Waals surface area contributed by atoms with Gasteiger partial charge in [0, 0.05) is 38.3 Å². The number of rotatable bonds is 6. The highest BCUT2D eigenvalue weighted by Crippen LogP contribution is 2.11. The second kappa shape index (κ2) is 7.91. The molecule has 3 N–H and O–H groups in total. The van der Waals surface area contributed by atoms with Gasteiger partial charge in [0.15, 0.2) is 0 Å². The lowest BCUT2D eigenvalue weighted by molar-refractivity contribution is 0.0555. The average Bonchev–Trinajstić information content (AvgIpc) is 2.53. The number of carboxylic acids is 1. The molecule has 1 fully saturated rings. The number of carbonyl (C=O) groups excluding carboxylic acids is 1. The minimum Gasteiger partial charge on any atom is -0.478 e. The zero-order chi connectivity index (χ0) is 18.6. The molecule has 1 unspecified atom stereocenters. The van der Waals surface area contributed by atoms with Gasteiger partial charge in [0.2, 0.25) is 0 Å². The molecule has 1 aromatic carbocycles. The molecule has 0 aliphatic carbocycles. The molecule has 9 nitrogen and oxygen atoms in total. The summed E-state index contributed by atoms with van der Waals surface area (Å²) in [5, 5.41) is 18.5. The van der Waals surface area contributed by atoms with E-state index in [4.69, 9.17) is 9.66 Å². The molecule has 1 aliphatic rings. The maximum absolute atomic E-state index is 12.4. The van der Waals surface area contributed by atoms with Crippen LogP contribution in [0.1, 0.15) is 20.7 Å². The highest BCUT2D eigenvalue weighted by atomic mass is 32.2. The quantitative estimate of drug-likeness (QED) is 0.563. The van der Waals surface area contributed by atoms with Gasteiger partial charge in [0.25, 0.3) is 16.0 Å². The number of aliphatic hydroxyl groups is 1. The van der Waals surface area contributed by atoms with Crippen molar-refractivity contribution in [1.29, 1.82) is 0 Å². The molecule has 1 saturated heterocycles. The van der Waals surface area contributed by atoms with Crippen LogP contribution in [0, 0.1) is 0 Å². The van der Waals surface area contributed by atoms with E-state index in [9.17, 15) is 23.1 Å². The number of aromatic carboxylic acids is 1. The number of aliphatic hydroxyl groups excluding tert-OH is 1. The molecule has 1 aromatic rings. The first kappa shape index (κ1) is 19.3. The van der Waals surface area contributed by atoms with Crippen LogP contribution in [0.15, 0.2) is 24.3 Å². The van der Waals surface area contributed by atoms with Gasteiger partial charge < -0.3 is 15.1 Å². The smallest absolute Gasteiger partial charge is 0.335 e. The van der Waals surface area contributed by atoms with Gasteiger partial charge in [-0.3, -0.25) is 14.2 Å². The van der Waals surface area contributed by atoms with E-state index in [-0.39, 0.29) is 18.0 Å². The van der Waals surface area contributed by atoms with Crippen molar-refractivity contribution < 1.29 is 32.8 Å². The molecule has 0 radical (unpaired) electrons. The fourth-order valence-corrected chi connectivity index (χ4v) is 3.26. The predicted octanol–water partition coefficient (Wildman–Crippen LogP) is -0.609. The zero-order valence-electron chi connectivity index (χ0n) is 13.4. The highest BCUT2D eigenvalue weighted by Gasteiger charge is 2.24. The fraction of sp³-hybridized carbons (Fsp3) is 0.467. The van der Waals surface area contributed by atoms with E-state index >= 15 is 0 Å². The number of hydrogen-bond acceptors (Lipinski definition) is 6. The SMILES string of the molecule is O=C(O)c1ccc(C(=O)N2CCN(CC(O)CS(=O)(=O)O)CC2)cc1. The van der Waals surface area contributed by atoms with Crippen LogP contribution in [-0.2, 0) is 10.1 Å². The van der Waals surface area contributed by atoms with Gasteiger partial charge in [-0.05, 0) is 24.3 Å². The van der Waals surface area contributed by atoms with Crippen molar-refractivity contribution in [2.75, 3.05) is 38.5 Å². The number of amides is 1. The average molecular weight is 372 g/mol. The van der Waals surface area contributed by atoms with Crippen LogP contribution in [0.4, 0.5) is 0 Å². The van der Waals surface area contributed by atoms with Crippen LogP contribution in [0.25, 0.3) is 0 Å². The Labute approximate surface area is 145 Å². The van der Waals surface area contributed by atoms with Crippen LogP contribution >= 0.6 is 0 Å². The first-order chi connectivity index (χ1) is 11.7. The third-order valence-electron chi connectivity index (χ3n) is 3.91. The van der Waals surface area contributed by atoms with Crippen LogP contribution in [0.2, 0.25) is 0 Å². The summed E-state index contributed by atoms with van der Waals surface area (Å²) in [4.78, 5) is 26.6. The number of hydrogen-bond donors (Lipinski definition) is 3. The van der Waals surface area contributed by atoms with Gasteiger partial charge in [-0.25, -0.2) is 4.79 Å². The molecule has 10 heteroatoms. The lowest BCUT2D eigenvalue weighted by Crippen LogP contribution is -2.51. The van der Waals surface area contributed by atoms with Crippen molar-refractivity contribution >= 4 is 22.0 Å². The normalized spacial score (nSPS) is 17.3. The van der Waals surface area contributed by atoms with Crippen LogP contribution in [0.3, 0.4) is 0 Å². The standard InChI is InChI=1S/C15H20N2O7S/c18-13(10-25(22,23)24)9-16-5-7-17(8-6-16)14(19)11-1-3-12(4-2-11)15(20)21/h1-4,13,18H,5-10H2,(H,20,21)(H,22,23,24). The number of benzene rings is 1. The molecule has 0 saturated carbocycles. The number of carboxylic acid groups (broad SMARTS) is 1. The molecule has 138 valence electrons. The summed E-state index contributed by atoms with van der Waals surface area (Å²) >= 11 is 0. The van der Waals surface area contributed by atoms with E-state index in [1.54, 1.807) is 4.90 Å². The third-order valence-corrected chi connectivity index (χ3v) is 4.72. The van der Waals surface area contributed by atoms with Gasteiger partial charge in [-0.1, -0.05) is 0 Å². The van der Waals surface area contributed by atoms with E-state index < -0.39 is 27.9 Å². The molecule has 1 atom stereocenters. The summed E-state index contributed by atoms with van der Waals surface area (Å²) in [7, 11) is -4.23. The molecule has 25 heavy (non-hydrogen) atoms. The molecule has 0 spiro atoms. The molecule has 1 heterocycles. The Hall–Kier alpha value is -2.01. The van der Waals surface area contributed by atoms with Crippen molar-refractivity contribution in [3.05, 3.63) is 35.4 Å². The van der Waals surface area contributed by atoms with Gasteiger partial charge >= 0.3 is 5.97 Å². The molecular formula is C15H20N2O7S. The van der Waals surface area contributed by atoms with Crippen molar-refractivity contribution in [1.82, 2.24) is 9.80 Å². The van der Waals surface area contributed by atoms with E-state index in [1.807, 2.05) is 4.90 Å². The second-order valence-electron chi connectivity index (χ2n) is 5.88. The Kier molecular flexibility index (Phi) is 6.11. The van der Waals surface area contributed by atoms with Crippen LogP contribution in [-0.4, -0.2) is 89.4 Å². The topological polar surface area (TPSA) is 135 Å². The Morgan fingerprint density at radius 3 is 2.04 bits per heavy atom. The van der Waals surface area contributed by atoms with E-state index in [1.165, 1.54) is 24.3 Å². The van der Waals surface area contributed by atoms with E-state index in [0.717, 1.165) is 0 Å². The minimum absolute atomic E-state index is 0.0924. The molecule has 2 rings (SSSR count). The van der Waals surface area contributed by atoms with Gasteiger partial charge in [0.05, 0.1) is 11.7 Å². The Bertz CT molecular complexity index is 725. The fourth-order valence-electron chi connectivity index (χ4n) is 2.67. The number of nitrogens with zero attached hydrogens (tertiary/aromatic N) is 2. The van der Waals surface area contributed by atoms with Gasteiger partial charge in [-0.15, -0.1) is 0 Å². The Balaban J connectivity index is 1.86. The van der Waals surface area contributed by atoms with Gasteiger partial charge in [0.1, 0.15) is 5.75 Å². The monoisotopic (exact) mass is 372 g/mol. The largest absolute Gasteiger partial charge is 0.478 e. The van der Waals surface area contributed by atoms with Crippen LogP contribution in [0.5, 0.6) is 0 Å². The summed E-state index contributed by atoms with van der Waals surface area (Å²) < 4.78 is 30.2. The first-order valence-electron chi connectivity index (χ1n) is 7.64. The molecule has 1 amide bonds. The predicted molar refractivity (Wildman–Crippen MR) is 88.2 cm³/mol. The number of piperazine rings is 1. The zero-order valence-corrected chi connectivity index (χ0v) is 14.2. The molecule has 0 bridgehead atoms. The van der Waals surface area contributed by atoms with Gasteiger partial charge in [-0.2, -0.15) is 8.42 Å². The molecule has 1 aliphatic heterocycles. The van der Waals surface area contributed by atoms with Crippen molar-refractivity contribution in [2.45, 2.75) is 6.10 Å². The lowest BCUT2D eigenvalue weighted by Gasteiger charge is -2.35. The molecule has 0 aromatic heterocycles. The maximum atomic E-state index is 12.4. The second-order valence-corrected chi connectivity index (χ2v) is 7.37. The summed E-state index contributed by atoms with van der Waals surface area (Å²) in [6.07, 6.45) is -1.19. The van der Waals surface area contributed by atoms with Crippen LogP contribution < -0.4 is 0 Å². The van der Waals surface area contributed by atoms with Crippen molar-refractivity contribution in [2.24, 2.45) is 0 Å². The molecular weight excluding hydrogens is 352 g/mol. The van der Waals surface area contributed by atoms with Crippen molar-refractivity contribution in [3.8, 4) is 0 Å². The van der Waals surface area contributed by atoms with Crippen molar-refractivity contribution in [3.63, 3.8) is 0 Å². The maximum Gasteiger partial charge on any atom is 0.335 e. The summed E-state index contributed by atoms with van der Waals surface area (Å²) in [5.41, 5.74) is 0.499. The highest BCUT2D eigenvalue weighted by molar-refractivity contribution is 7.85. The Morgan fingerprint density at radius 2 is 1.56 bits per heavy atom. The summed E-state index contributed by atoms with van der Waals surface area (Å²) in [5.74, 6) is -1.99. The number of carbonyl (C=O) groups is 2. The summed E-state index contributed by atoms with van der Waals surface area (Å²) in [6, 6.07) is 5.68. The lowest BCUT2D eigenvalue weighted by atomic mass is 10.1. The first-order valence-corrected chi connectivity index (χ1v) is 9.25. The van der Waals surface area contributed by atoms with E-state index in [0.29, 0.717) is 31.7 Å². The minimum atomic E-state index is -4.23. The summed E-state index contributed by atoms with van der Waals surface area (Å²) in [6.45, 7) is 1.81. The van der Waals surface area contributed by atoms with E-state index in [2.05, 4.69) is 0 Å². The number of β-amino-alcohol motifs (C(OH)–C–C–N with tert-alkyl or cyclic N) is 1. The third kappa shape index (κ3) is 5.78.